The first-order valence-corrected chi connectivity index (χ1v) is 14.1. The topological polar surface area (TPSA) is 119 Å². The minimum absolute atomic E-state index is 0.289. The highest BCUT2D eigenvalue weighted by atomic mass is 32.2. The van der Waals surface area contributed by atoms with Gasteiger partial charge in [-0.3, -0.25) is 4.57 Å². The van der Waals surface area contributed by atoms with Gasteiger partial charge < -0.3 is 20.7 Å². The van der Waals surface area contributed by atoms with E-state index in [-0.39, 0.29) is 5.82 Å². The molecule has 162 valence electrons. The molecule has 0 radical (unpaired) electrons. The predicted octanol–water partition coefficient (Wildman–Crippen LogP) is 2.41. The highest BCUT2D eigenvalue weighted by Gasteiger charge is 2.45. The van der Waals surface area contributed by atoms with Crippen molar-refractivity contribution in [3.05, 3.63) is 6.33 Å². The maximum absolute atomic E-state index is 10.8. The summed E-state index contributed by atoms with van der Waals surface area (Å²) < 4.78 is 7.91. The van der Waals surface area contributed by atoms with Crippen LogP contribution in [0.3, 0.4) is 0 Å². The largest absolute Gasteiger partial charge is 0.388 e. The summed E-state index contributed by atoms with van der Waals surface area (Å²) in [4.78, 5) is 13.0. The van der Waals surface area contributed by atoms with Crippen molar-refractivity contribution < 1.29 is 14.9 Å². The Hall–Kier alpha value is -1.12. The number of anilines is 1. The van der Waals surface area contributed by atoms with Crippen LogP contribution in [0.5, 0.6) is 0 Å². The summed E-state index contributed by atoms with van der Waals surface area (Å²) in [6.07, 6.45) is 7.21. The van der Waals surface area contributed by atoms with E-state index in [0.29, 0.717) is 22.7 Å². The first kappa shape index (κ1) is 22.6. The number of aliphatic hydroxyl groups excluding tert-OH is 2. The van der Waals surface area contributed by atoms with Crippen LogP contribution in [0.1, 0.15) is 38.8 Å². The van der Waals surface area contributed by atoms with Crippen molar-refractivity contribution in [2.45, 2.75) is 62.3 Å². The highest BCUT2D eigenvalue weighted by Crippen LogP contribution is 2.41. The van der Waals surface area contributed by atoms with E-state index in [1.807, 2.05) is 0 Å². The van der Waals surface area contributed by atoms with Gasteiger partial charge in [0.05, 0.1) is 6.10 Å². The van der Waals surface area contributed by atoms with E-state index < -0.39 is 31.4 Å². The smallest absolute Gasteiger partial charge is 0.172 e. The van der Waals surface area contributed by atoms with Crippen LogP contribution in [0.25, 0.3) is 11.2 Å². The van der Waals surface area contributed by atoms with Crippen molar-refractivity contribution in [3.8, 4) is 0 Å². The maximum atomic E-state index is 10.8. The molecule has 1 saturated heterocycles. The quantitative estimate of drug-likeness (QED) is 0.308. The lowest BCUT2D eigenvalue weighted by Crippen LogP contribution is -2.32. The molecule has 1 fully saturated rings. The average molecular weight is 442 g/mol. The predicted molar refractivity (Wildman–Crippen MR) is 121 cm³/mol. The summed E-state index contributed by atoms with van der Waals surface area (Å²) >= 11 is 1.58. The Labute approximate surface area is 176 Å². The van der Waals surface area contributed by atoms with E-state index in [2.05, 4.69) is 41.5 Å². The number of nitrogens with zero attached hydrogens (tertiary/aromatic N) is 4. The van der Waals surface area contributed by atoms with Crippen molar-refractivity contribution in [1.82, 2.24) is 19.5 Å². The fourth-order valence-electron chi connectivity index (χ4n) is 3.41. The second kappa shape index (κ2) is 9.35. The lowest BCUT2D eigenvalue weighted by Gasteiger charge is -2.19. The van der Waals surface area contributed by atoms with E-state index in [9.17, 15) is 10.2 Å². The Morgan fingerprint density at radius 2 is 2.03 bits per heavy atom. The van der Waals surface area contributed by atoms with Crippen LogP contribution in [0.15, 0.2) is 11.5 Å². The van der Waals surface area contributed by atoms with Gasteiger partial charge in [-0.25, -0.2) is 15.0 Å². The van der Waals surface area contributed by atoms with Gasteiger partial charge in [0, 0.05) is 5.75 Å². The van der Waals surface area contributed by atoms with Crippen molar-refractivity contribution in [1.29, 1.82) is 0 Å². The molecule has 1 aliphatic rings. The molecule has 2 aromatic heterocycles. The number of ether oxygens (including phenoxy) is 1. The highest BCUT2D eigenvalue weighted by molar-refractivity contribution is 7.99. The molecule has 0 amide bonds. The van der Waals surface area contributed by atoms with Crippen LogP contribution in [0.4, 0.5) is 5.82 Å². The minimum atomic E-state index is -1.25. The Balaban J connectivity index is 1.90. The molecular formula is C19H32N5O3PS. The third kappa shape index (κ3) is 5.14. The number of aliphatic hydroxyl groups is 2. The molecule has 4 atom stereocenters. The lowest BCUT2D eigenvalue weighted by atomic mass is 10.1. The molecule has 10 heteroatoms. The maximum Gasteiger partial charge on any atom is 0.172 e. The molecule has 29 heavy (non-hydrogen) atoms. The molecular weight excluding hydrogens is 409 g/mol. The second-order valence-electron chi connectivity index (χ2n) is 8.25. The van der Waals surface area contributed by atoms with Crippen LogP contribution in [0.2, 0.25) is 0 Å². The van der Waals surface area contributed by atoms with Gasteiger partial charge in [-0.2, -0.15) is 0 Å². The van der Waals surface area contributed by atoms with Gasteiger partial charge in [0.15, 0.2) is 28.4 Å². The molecule has 3 rings (SSSR count). The van der Waals surface area contributed by atoms with Crippen molar-refractivity contribution >= 4 is 41.9 Å². The molecule has 1 aliphatic heterocycles. The second-order valence-corrected chi connectivity index (χ2v) is 13.6. The number of aromatic nitrogens is 4. The summed E-state index contributed by atoms with van der Waals surface area (Å²) in [5, 5.41) is 22.1. The summed E-state index contributed by atoms with van der Waals surface area (Å²) in [6, 6.07) is 0. The summed E-state index contributed by atoms with van der Waals surface area (Å²) in [7, 11) is 0. The molecule has 2 aromatic rings. The number of hydrogen-bond acceptors (Lipinski definition) is 8. The zero-order valence-electron chi connectivity index (χ0n) is 17.4. The van der Waals surface area contributed by atoms with Gasteiger partial charge in [0.2, 0.25) is 0 Å². The number of thioether (sulfide) groups is 1. The SMILES string of the molecule is C=P(C)(C)CC[C@H]1OC(n2c(SCCCCC)nc3c(N)ncnc32)[C@H](O)[C@@H]1O. The number of unbranched alkanes of at least 4 members (excludes halogenated alkanes) is 2. The van der Waals surface area contributed by atoms with Gasteiger partial charge >= 0.3 is 0 Å². The zero-order valence-corrected chi connectivity index (χ0v) is 19.1. The molecule has 0 spiro atoms. The molecule has 3 heterocycles. The van der Waals surface area contributed by atoms with Gasteiger partial charge in [0.25, 0.3) is 0 Å². The van der Waals surface area contributed by atoms with Gasteiger partial charge in [-0.05, 0) is 32.3 Å². The Morgan fingerprint density at radius 1 is 1.28 bits per heavy atom. The number of hydrogen-bond donors (Lipinski definition) is 3. The van der Waals surface area contributed by atoms with Crippen molar-refractivity contribution in [3.63, 3.8) is 0 Å². The monoisotopic (exact) mass is 441 g/mol. The molecule has 0 aromatic carbocycles. The molecule has 8 nitrogen and oxygen atoms in total. The number of nitrogen functional groups attached to an aromatic ring is 1. The van der Waals surface area contributed by atoms with Crippen LogP contribution in [0, 0.1) is 0 Å². The van der Waals surface area contributed by atoms with E-state index >= 15 is 0 Å². The minimum Gasteiger partial charge on any atom is -0.388 e. The fourth-order valence-corrected chi connectivity index (χ4v) is 5.38. The average Bonchev–Trinajstić information content (AvgIpc) is 3.16. The first-order chi connectivity index (χ1) is 13.7. The van der Waals surface area contributed by atoms with Crippen LogP contribution >= 0.6 is 18.6 Å². The van der Waals surface area contributed by atoms with E-state index in [1.54, 1.807) is 16.3 Å². The third-order valence-corrected chi connectivity index (χ3v) is 7.57. The van der Waals surface area contributed by atoms with Crippen LogP contribution in [-0.2, 0) is 4.74 Å². The number of imidazole rings is 1. The Morgan fingerprint density at radius 3 is 2.72 bits per heavy atom. The summed E-state index contributed by atoms with van der Waals surface area (Å²) in [5.41, 5.74) is 7.01. The fraction of sp³-hybridized carbons (Fsp3) is 0.684. The van der Waals surface area contributed by atoms with Crippen LogP contribution in [-0.4, -0.2) is 79.6 Å². The van der Waals surface area contributed by atoms with Crippen molar-refractivity contribution in [2.24, 2.45) is 0 Å². The normalized spacial score (nSPS) is 25.1. The van der Waals surface area contributed by atoms with Gasteiger partial charge in [0.1, 0.15) is 18.5 Å². The summed E-state index contributed by atoms with van der Waals surface area (Å²) in [5.74, 6) is 1.18. The van der Waals surface area contributed by atoms with E-state index in [0.717, 1.165) is 31.2 Å². The molecule has 0 saturated carbocycles. The van der Waals surface area contributed by atoms with E-state index in [1.165, 1.54) is 6.33 Å². The molecule has 1 unspecified atom stereocenters. The molecule has 4 N–H and O–H groups in total. The lowest BCUT2D eigenvalue weighted by molar-refractivity contribution is -0.0400. The standard InChI is InChI=1S/C19H32N5O3PS/c1-5-6-7-10-29-19-23-13-16(20)21-11-22-17(13)24(19)18-15(26)14(25)12(27-18)8-9-28(2,3)4/h11-12,14-15,18,25-26H,2,5-10H2,1,3-4H3,(H2,20,21,22)/t12-,14-,15-,18?/m1/s1. The number of fused-ring (bicyclic) bond motifs is 1. The van der Waals surface area contributed by atoms with E-state index in [4.69, 9.17) is 10.5 Å². The zero-order chi connectivity index (χ0) is 21.2. The third-order valence-electron chi connectivity index (χ3n) is 5.06. The number of nitrogens with two attached hydrogens (primary N) is 1. The van der Waals surface area contributed by atoms with Crippen LogP contribution < -0.4 is 5.73 Å². The van der Waals surface area contributed by atoms with Gasteiger partial charge in [-0.15, -0.1) is 13.2 Å². The Bertz CT molecular complexity index is 886. The number of rotatable bonds is 9. The van der Waals surface area contributed by atoms with Gasteiger partial charge in [-0.1, -0.05) is 31.5 Å². The first-order valence-electron chi connectivity index (χ1n) is 10.0. The Kier molecular flexibility index (Phi) is 7.27. The molecule has 0 aliphatic carbocycles. The van der Waals surface area contributed by atoms with Crippen molar-refractivity contribution in [2.75, 3.05) is 31.0 Å². The molecule has 0 bridgehead atoms. The summed E-state index contributed by atoms with van der Waals surface area (Å²) in [6.45, 7) is 5.21.